The van der Waals surface area contributed by atoms with E-state index in [0.29, 0.717) is 19.6 Å². The molecular formula is C28H32N4O3. The number of carbonyl (C=O) groups is 2. The third kappa shape index (κ3) is 3.97. The van der Waals surface area contributed by atoms with E-state index >= 15 is 0 Å². The molecule has 1 N–H and O–H groups in total. The van der Waals surface area contributed by atoms with E-state index in [2.05, 4.69) is 22.4 Å². The minimum atomic E-state index is -0.962. The maximum atomic E-state index is 13.5. The predicted molar refractivity (Wildman–Crippen MR) is 133 cm³/mol. The first-order valence-corrected chi connectivity index (χ1v) is 12.6. The van der Waals surface area contributed by atoms with Gasteiger partial charge in [0.15, 0.2) is 5.60 Å². The minimum absolute atomic E-state index is 0.0379. The summed E-state index contributed by atoms with van der Waals surface area (Å²) in [6, 6.07) is 19.5. The molecule has 2 aromatic carbocycles. The van der Waals surface area contributed by atoms with Crippen LogP contribution in [0, 0.1) is 0 Å². The first-order valence-electron chi connectivity index (χ1n) is 12.6. The second-order valence-corrected chi connectivity index (χ2v) is 10.2. The van der Waals surface area contributed by atoms with Gasteiger partial charge >= 0.3 is 12.1 Å². The van der Waals surface area contributed by atoms with Gasteiger partial charge in [0.2, 0.25) is 0 Å². The number of piperazine rings is 1. The van der Waals surface area contributed by atoms with Crippen LogP contribution in [0.25, 0.3) is 0 Å². The summed E-state index contributed by atoms with van der Waals surface area (Å²) >= 11 is 0. The molecule has 0 radical (unpaired) electrons. The summed E-state index contributed by atoms with van der Waals surface area (Å²) in [4.78, 5) is 32.7. The molecule has 1 saturated carbocycles. The summed E-state index contributed by atoms with van der Waals surface area (Å²) in [7, 11) is 0. The Labute approximate surface area is 206 Å². The lowest BCUT2D eigenvalue weighted by Crippen LogP contribution is -2.61. The van der Waals surface area contributed by atoms with Crippen LogP contribution in [0.5, 0.6) is 0 Å². The lowest BCUT2D eigenvalue weighted by molar-refractivity contribution is 0.0506. The van der Waals surface area contributed by atoms with Crippen molar-refractivity contribution < 1.29 is 14.3 Å². The van der Waals surface area contributed by atoms with Crippen LogP contribution in [0.1, 0.15) is 30.4 Å². The van der Waals surface area contributed by atoms with Crippen molar-refractivity contribution in [2.24, 2.45) is 0 Å². The fraction of sp³-hybridized carbons (Fsp3) is 0.429. The van der Waals surface area contributed by atoms with Crippen molar-refractivity contribution in [1.82, 2.24) is 20.0 Å². The Hall–Kier alpha value is -3.32. The van der Waals surface area contributed by atoms with Gasteiger partial charge in [0, 0.05) is 50.4 Å². The molecule has 3 aliphatic heterocycles. The SMILES string of the molecule is O=C(NC1(CN2CC=CCC2)CC1)N1CCN2C(=O)OC(c3ccccc3)(c3ccccc3)C2C1. The molecule has 1 aliphatic carbocycles. The van der Waals surface area contributed by atoms with Gasteiger partial charge in [0.1, 0.15) is 6.04 Å². The van der Waals surface area contributed by atoms with Gasteiger partial charge in [-0.2, -0.15) is 0 Å². The summed E-state index contributed by atoms with van der Waals surface area (Å²) < 4.78 is 6.23. The Morgan fingerprint density at radius 3 is 2.23 bits per heavy atom. The monoisotopic (exact) mass is 472 g/mol. The number of rotatable bonds is 5. The van der Waals surface area contributed by atoms with E-state index in [1.807, 2.05) is 65.6 Å². The van der Waals surface area contributed by atoms with Crippen LogP contribution in [0.15, 0.2) is 72.8 Å². The van der Waals surface area contributed by atoms with E-state index in [4.69, 9.17) is 4.74 Å². The number of amides is 3. The molecule has 7 nitrogen and oxygen atoms in total. The average molecular weight is 473 g/mol. The number of urea groups is 1. The summed E-state index contributed by atoms with van der Waals surface area (Å²) in [6.45, 7) is 4.28. The lowest BCUT2D eigenvalue weighted by Gasteiger charge is -2.42. The molecule has 0 aromatic heterocycles. The smallest absolute Gasteiger partial charge is 0.411 e. The third-order valence-electron chi connectivity index (χ3n) is 7.92. The highest BCUT2D eigenvalue weighted by Gasteiger charge is 2.58. The lowest BCUT2D eigenvalue weighted by atomic mass is 9.79. The first-order chi connectivity index (χ1) is 17.1. The average Bonchev–Trinajstić information content (AvgIpc) is 3.59. The molecule has 7 heteroatoms. The highest BCUT2D eigenvalue weighted by Crippen LogP contribution is 2.46. The predicted octanol–water partition coefficient (Wildman–Crippen LogP) is 3.57. The molecule has 2 saturated heterocycles. The number of nitrogens with one attached hydrogen (secondary N) is 1. The number of cyclic esters (lactones) is 1. The van der Waals surface area contributed by atoms with E-state index in [-0.39, 0.29) is 23.7 Å². The molecule has 0 spiro atoms. The molecule has 182 valence electrons. The highest BCUT2D eigenvalue weighted by molar-refractivity contribution is 5.78. The number of hydrogen-bond donors (Lipinski definition) is 1. The van der Waals surface area contributed by atoms with Gasteiger partial charge in [-0.3, -0.25) is 9.80 Å². The Balaban J connectivity index is 1.25. The van der Waals surface area contributed by atoms with Crippen molar-refractivity contribution in [3.05, 3.63) is 83.9 Å². The fourth-order valence-electron chi connectivity index (χ4n) is 5.88. The zero-order chi connectivity index (χ0) is 23.9. The molecule has 1 atom stereocenters. The molecule has 2 aromatic rings. The van der Waals surface area contributed by atoms with Crippen LogP contribution >= 0.6 is 0 Å². The van der Waals surface area contributed by atoms with Crippen LogP contribution in [0.2, 0.25) is 0 Å². The number of nitrogens with zero attached hydrogens (tertiary/aromatic N) is 3. The molecule has 3 heterocycles. The molecular weight excluding hydrogens is 440 g/mol. The van der Waals surface area contributed by atoms with Gasteiger partial charge in [-0.15, -0.1) is 0 Å². The van der Waals surface area contributed by atoms with Crippen molar-refractivity contribution in [2.75, 3.05) is 39.3 Å². The number of ether oxygens (including phenoxy) is 1. The van der Waals surface area contributed by atoms with Crippen molar-refractivity contribution in [1.29, 1.82) is 0 Å². The number of fused-ring (bicyclic) bond motifs is 1. The van der Waals surface area contributed by atoms with Gasteiger partial charge in [0.25, 0.3) is 0 Å². The maximum Gasteiger partial charge on any atom is 0.411 e. The summed E-state index contributed by atoms with van der Waals surface area (Å²) in [5.74, 6) is 0. The van der Waals surface area contributed by atoms with Gasteiger partial charge in [-0.25, -0.2) is 9.59 Å². The molecule has 3 fully saturated rings. The molecule has 0 bridgehead atoms. The number of benzene rings is 2. The topological polar surface area (TPSA) is 65.1 Å². The molecule has 3 amide bonds. The molecule has 35 heavy (non-hydrogen) atoms. The zero-order valence-corrected chi connectivity index (χ0v) is 19.9. The van der Waals surface area contributed by atoms with Crippen molar-refractivity contribution in [3.8, 4) is 0 Å². The van der Waals surface area contributed by atoms with E-state index in [1.165, 1.54) is 0 Å². The van der Waals surface area contributed by atoms with Gasteiger partial charge in [-0.05, 0) is 19.3 Å². The molecule has 4 aliphatic rings. The Morgan fingerprint density at radius 1 is 0.943 bits per heavy atom. The Kier molecular flexibility index (Phi) is 5.52. The Morgan fingerprint density at radius 2 is 1.63 bits per heavy atom. The van der Waals surface area contributed by atoms with E-state index in [0.717, 1.165) is 50.0 Å². The third-order valence-corrected chi connectivity index (χ3v) is 7.92. The highest BCUT2D eigenvalue weighted by atomic mass is 16.6. The van der Waals surface area contributed by atoms with Crippen LogP contribution in [-0.2, 0) is 10.3 Å². The second kappa shape index (κ2) is 8.72. The van der Waals surface area contributed by atoms with Gasteiger partial charge in [0.05, 0.1) is 5.54 Å². The number of hydrogen-bond acceptors (Lipinski definition) is 4. The van der Waals surface area contributed by atoms with E-state index < -0.39 is 5.60 Å². The van der Waals surface area contributed by atoms with Crippen LogP contribution in [0.4, 0.5) is 9.59 Å². The Bertz CT molecular complexity index is 1080. The fourth-order valence-corrected chi connectivity index (χ4v) is 5.88. The standard InChI is InChI=1S/C28H32N4O3/c33-25(29-27(14-15-27)21-30-16-8-3-9-17-30)31-18-19-32-24(20-31)28(35-26(32)34,22-10-4-1-5-11-22)23-12-6-2-7-13-23/h1-8,10-13,24H,9,14-21H2,(H,29,33). The zero-order valence-electron chi connectivity index (χ0n) is 19.9. The maximum absolute atomic E-state index is 13.5. The normalized spacial score (nSPS) is 24.6. The van der Waals surface area contributed by atoms with Crippen LogP contribution in [0.3, 0.4) is 0 Å². The summed E-state index contributed by atoms with van der Waals surface area (Å²) in [5, 5.41) is 3.36. The van der Waals surface area contributed by atoms with E-state index in [1.54, 1.807) is 4.90 Å². The quantitative estimate of drug-likeness (QED) is 0.676. The van der Waals surface area contributed by atoms with Gasteiger partial charge in [-0.1, -0.05) is 72.8 Å². The van der Waals surface area contributed by atoms with Crippen molar-refractivity contribution in [3.63, 3.8) is 0 Å². The molecule has 6 rings (SSSR count). The van der Waals surface area contributed by atoms with E-state index in [9.17, 15) is 9.59 Å². The van der Waals surface area contributed by atoms with Crippen molar-refractivity contribution in [2.45, 2.75) is 36.4 Å². The van der Waals surface area contributed by atoms with Crippen LogP contribution in [-0.4, -0.2) is 77.7 Å². The first kappa shape index (κ1) is 22.2. The molecule has 1 unspecified atom stereocenters. The largest absolute Gasteiger partial charge is 0.431 e. The number of carbonyl (C=O) groups excluding carboxylic acids is 2. The van der Waals surface area contributed by atoms with Crippen LogP contribution < -0.4 is 5.32 Å². The summed E-state index contributed by atoms with van der Waals surface area (Å²) in [6.07, 6.45) is 7.22. The summed E-state index contributed by atoms with van der Waals surface area (Å²) in [5.41, 5.74) is 0.755. The second-order valence-electron chi connectivity index (χ2n) is 10.2. The minimum Gasteiger partial charge on any atom is -0.431 e. The van der Waals surface area contributed by atoms with Gasteiger partial charge < -0.3 is 15.0 Å². The van der Waals surface area contributed by atoms with Crippen molar-refractivity contribution >= 4 is 12.1 Å².